The number of methoxy groups -OCH3 is 2. The first-order valence-electron chi connectivity index (χ1n) is 9.65. The third-order valence-electron chi connectivity index (χ3n) is 5.33. The molecular formula is C23H23N3O4. The van der Waals surface area contributed by atoms with E-state index in [-0.39, 0.29) is 18.1 Å². The minimum absolute atomic E-state index is 0.0700. The number of amides is 1. The fourth-order valence-electron chi connectivity index (χ4n) is 3.91. The molecule has 4 rings (SSSR count). The summed E-state index contributed by atoms with van der Waals surface area (Å²) in [6.45, 7) is 3.85. The molecule has 30 heavy (non-hydrogen) atoms. The number of aryl methyl sites for hydroxylation is 2. The Morgan fingerprint density at radius 2 is 1.87 bits per heavy atom. The number of benzene rings is 2. The van der Waals surface area contributed by atoms with Crippen molar-refractivity contribution in [3.8, 4) is 17.2 Å². The van der Waals surface area contributed by atoms with Gasteiger partial charge in [-0.05, 0) is 49.7 Å². The quantitative estimate of drug-likeness (QED) is 0.653. The zero-order valence-electron chi connectivity index (χ0n) is 17.4. The Morgan fingerprint density at radius 1 is 1.10 bits per heavy atom. The van der Waals surface area contributed by atoms with Crippen LogP contribution < -0.4 is 14.8 Å². The SMILES string of the molecule is COc1ccc(C(=O)C2CC(=O)Nc3c2c(C)nn3-c2cccc(C)c2)cc1OC. The van der Waals surface area contributed by atoms with Crippen LogP contribution in [-0.4, -0.2) is 35.7 Å². The van der Waals surface area contributed by atoms with Crippen molar-refractivity contribution in [2.24, 2.45) is 0 Å². The zero-order chi connectivity index (χ0) is 21.4. The second kappa shape index (κ2) is 7.67. The normalized spacial score (nSPS) is 15.3. The van der Waals surface area contributed by atoms with Crippen molar-refractivity contribution in [3.05, 3.63) is 64.8 Å². The number of fused-ring (bicyclic) bond motifs is 1. The van der Waals surface area contributed by atoms with E-state index in [9.17, 15) is 9.59 Å². The summed E-state index contributed by atoms with van der Waals surface area (Å²) in [5.41, 5.74) is 3.83. The van der Waals surface area contributed by atoms with Gasteiger partial charge in [0.15, 0.2) is 17.3 Å². The van der Waals surface area contributed by atoms with Crippen LogP contribution in [0.5, 0.6) is 11.5 Å². The minimum Gasteiger partial charge on any atom is -0.493 e. The Morgan fingerprint density at radius 3 is 2.57 bits per heavy atom. The van der Waals surface area contributed by atoms with Crippen molar-refractivity contribution in [1.82, 2.24) is 9.78 Å². The second-order valence-electron chi connectivity index (χ2n) is 7.34. The van der Waals surface area contributed by atoms with E-state index < -0.39 is 5.92 Å². The molecule has 0 bridgehead atoms. The summed E-state index contributed by atoms with van der Waals surface area (Å²) in [5.74, 6) is 0.572. The molecule has 1 aromatic heterocycles. The van der Waals surface area contributed by atoms with Crippen LogP contribution in [0.3, 0.4) is 0 Å². The summed E-state index contributed by atoms with van der Waals surface area (Å²) >= 11 is 0. The number of rotatable bonds is 5. The van der Waals surface area contributed by atoms with Gasteiger partial charge in [-0.15, -0.1) is 0 Å². The highest BCUT2D eigenvalue weighted by molar-refractivity contribution is 6.08. The highest BCUT2D eigenvalue weighted by atomic mass is 16.5. The van der Waals surface area contributed by atoms with Crippen LogP contribution in [0.1, 0.15) is 39.5 Å². The van der Waals surface area contributed by atoms with Crippen molar-refractivity contribution in [3.63, 3.8) is 0 Å². The summed E-state index contributed by atoms with van der Waals surface area (Å²) in [5, 5.41) is 7.54. The molecule has 1 unspecified atom stereocenters. The molecular weight excluding hydrogens is 382 g/mol. The largest absolute Gasteiger partial charge is 0.493 e. The van der Waals surface area contributed by atoms with E-state index in [2.05, 4.69) is 10.4 Å². The lowest BCUT2D eigenvalue weighted by atomic mass is 9.85. The van der Waals surface area contributed by atoms with Crippen LogP contribution in [-0.2, 0) is 4.79 Å². The molecule has 1 amide bonds. The molecule has 0 saturated heterocycles. The van der Waals surface area contributed by atoms with Gasteiger partial charge in [-0.1, -0.05) is 12.1 Å². The maximum Gasteiger partial charge on any atom is 0.226 e. The van der Waals surface area contributed by atoms with E-state index in [4.69, 9.17) is 9.47 Å². The molecule has 2 heterocycles. The zero-order valence-corrected chi connectivity index (χ0v) is 17.4. The van der Waals surface area contributed by atoms with Gasteiger partial charge in [0.05, 0.1) is 31.5 Å². The molecule has 1 atom stereocenters. The van der Waals surface area contributed by atoms with E-state index in [1.165, 1.54) is 7.11 Å². The van der Waals surface area contributed by atoms with Gasteiger partial charge in [0.2, 0.25) is 5.91 Å². The first kappa shape index (κ1) is 19.7. The van der Waals surface area contributed by atoms with Crippen molar-refractivity contribution in [2.45, 2.75) is 26.2 Å². The maximum absolute atomic E-state index is 13.4. The van der Waals surface area contributed by atoms with Gasteiger partial charge in [0, 0.05) is 17.5 Å². The van der Waals surface area contributed by atoms with E-state index in [1.807, 2.05) is 38.1 Å². The van der Waals surface area contributed by atoms with Crippen LogP contribution in [0.25, 0.3) is 5.69 Å². The number of aromatic nitrogens is 2. The monoisotopic (exact) mass is 405 g/mol. The number of ether oxygens (including phenoxy) is 2. The van der Waals surface area contributed by atoms with Crippen LogP contribution in [0, 0.1) is 13.8 Å². The van der Waals surface area contributed by atoms with Gasteiger partial charge in [0.1, 0.15) is 5.82 Å². The summed E-state index contributed by atoms with van der Waals surface area (Å²) in [6.07, 6.45) is 0.0700. The Hall–Kier alpha value is -3.61. The molecule has 0 aliphatic carbocycles. The number of nitrogens with zero attached hydrogens (tertiary/aromatic N) is 2. The van der Waals surface area contributed by atoms with Crippen LogP contribution in [0.15, 0.2) is 42.5 Å². The highest BCUT2D eigenvalue weighted by Gasteiger charge is 2.36. The molecule has 7 nitrogen and oxygen atoms in total. The van der Waals surface area contributed by atoms with Crippen LogP contribution >= 0.6 is 0 Å². The smallest absolute Gasteiger partial charge is 0.226 e. The molecule has 3 aromatic rings. The molecule has 0 fully saturated rings. The first-order valence-corrected chi connectivity index (χ1v) is 9.65. The summed E-state index contributed by atoms with van der Waals surface area (Å²) in [6, 6.07) is 12.9. The number of nitrogens with one attached hydrogen (secondary N) is 1. The Kier molecular flexibility index (Phi) is 5.03. The van der Waals surface area contributed by atoms with Crippen molar-refractivity contribution in [1.29, 1.82) is 0 Å². The van der Waals surface area contributed by atoms with Crippen molar-refractivity contribution < 1.29 is 19.1 Å². The summed E-state index contributed by atoms with van der Waals surface area (Å²) < 4.78 is 12.3. The first-order chi connectivity index (χ1) is 14.4. The predicted octanol–water partition coefficient (Wildman–Crippen LogP) is 3.82. The molecule has 1 N–H and O–H groups in total. The van der Waals surface area contributed by atoms with Crippen molar-refractivity contribution >= 4 is 17.5 Å². The van der Waals surface area contributed by atoms with E-state index in [0.29, 0.717) is 28.6 Å². The van der Waals surface area contributed by atoms with E-state index in [0.717, 1.165) is 16.8 Å². The number of carbonyl (C=O) groups is 2. The minimum atomic E-state index is -0.620. The average molecular weight is 405 g/mol. The maximum atomic E-state index is 13.4. The Bertz CT molecular complexity index is 1150. The molecule has 154 valence electrons. The summed E-state index contributed by atoms with van der Waals surface area (Å²) in [4.78, 5) is 25.9. The number of Topliss-reactive ketones (excluding diaryl/α,β-unsaturated/α-hetero) is 1. The topological polar surface area (TPSA) is 82.5 Å². The number of ketones is 1. The average Bonchev–Trinajstić information content (AvgIpc) is 3.08. The van der Waals surface area contributed by atoms with Gasteiger partial charge < -0.3 is 14.8 Å². The molecule has 2 aromatic carbocycles. The highest BCUT2D eigenvalue weighted by Crippen LogP contribution is 2.39. The Labute approximate surface area is 174 Å². The lowest BCUT2D eigenvalue weighted by molar-refractivity contribution is -0.116. The third kappa shape index (κ3) is 3.32. The molecule has 0 radical (unpaired) electrons. The van der Waals surface area contributed by atoms with E-state index >= 15 is 0 Å². The van der Waals surface area contributed by atoms with Gasteiger partial charge in [-0.25, -0.2) is 4.68 Å². The molecule has 1 aliphatic rings. The number of anilines is 1. The molecule has 0 saturated carbocycles. The number of hydrogen-bond acceptors (Lipinski definition) is 5. The van der Waals surface area contributed by atoms with Crippen LogP contribution in [0.4, 0.5) is 5.82 Å². The van der Waals surface area contributed by atoms with Gasteiger partial charge in [-0.2, -0.15) is 5.10 Å². The molecule has 7 heteroatoms. The fourth-order valence-corrected chi connectivity index (χ4v) is 3.91. The molecule has 0 spiro atoms. The lowest BCUT2D eigenvalue weighted by Crippen LogP contribution is -2.28. The second-order valence-corrected chi connectivity index (χ2v) is 7.34. The number of hydrogen-bond donors (Lipinski definition) is 1. The van der Waals surface area contributed by atoms with Crippen molar-refractivity contribution in [2.75, 3.05) is 19.5 Å². The summed E-state index contributed by atoms with van der Waals surface area (Å²) in [7, 11) is 3.06. The third-order valence-corrected chi connectivity index (χ3v) is 5.33. The van der Waals surface area contributed by atoms with Gasteiger partial charge >= 0.3 is 0 Å². The van der Waals surface area contributed by atoms with Gasteiger partial charge in [-0.3, -0.25) is 9.59 Å². The fraction of sp³-hybridized carbons (Fsp3) is 0.261. The predicted molar refractivity (Wildman–Crippen MR) is 113 cm³/mol. The number of carbonyl (C=O) groups excluding carboxylic acids is 2. The standard InChI is InChI=1S/C23H23N3O4/c1-13-6-5-7-16(10-13)26-23-21(14(2)25-26)17(12-20(27)24-23)22(28)15-8-9-18(29-3)19(11-15)30-4/h5-11,17H,12H2,1-4H3,(H,24,27). The lowest BCUT2D eigenvalue weighted by Gasteiger charge is -2.23. The van der Waals surface area contributed by atoms with E-state index in [1.54, 1.807) is 30.0 Å². The Balaban J connectivity index is 1.79. The molecule has 1 aliphatic heterocycles. The van der Waals surface area contributed by atoms with Gasteiger partial charge in [0.25, 0.3) is 0 Å². The van der Waals surface area contributed by atoms with Crippen LogP contribution in [0.2, 0.25) is 0 Å².